The molecule has 2 aromatic rings. The Labute approximate surface area is 123 Å². The Kier molecular flexibility index (Phi) is 3.48. The molecule has 0 radical (unpaired) electrons. The number of hydrogen-bond acceptors (Lipinski definition) is 4. The van der Waals surface area contributed by atoms with Crippen LogP contribution in [0.3, 0.4) is 0 Å². The summed E-state index contributed by atoms with van der Waals surface area (Å²) in [7, 11) is 0. The molecule has 1 heterocycles. The molecule has 21 heavy (non-hydrogen) atoms. The van der Waals surface area contributed by atoms with Crippen LogP contribution in [0.1, 0.15) is 28.8 Å². The molecule has 1 aromatic carbocycles. The number of phenolic OH excluding ortho intramolecular Hbond substituents is 1. The van der Waals surface area contributed by atoms with E-state index in [1.54, 1.807) is 24.5 Å². The van der Waals surface area contributed by atoms with Crippen LogP contribution in [0.2, 0.25) is 0 Å². The molecule has 108 valence electrons. The second-order valence-electron chi connectivity index (χ2n) is 5.30. The predicted molar refractivity (Wildman–Crippen MR) is 79.7 cm³/mol. The van der Waals surface area contributed by atoms with Gasteiger partial charge in [-0.25, -0.2) is 0 Å². The van der Waals surface area contributed by atoms with Gasteiger partial charge in [0.25, 0.3) is 5.91 Å². The number of nitrogens with two attached hydrogens (primary N) is 1. The standard InChI is InChI=1S/C16H17N3O2/c17-14-6-3-12(8-15(14)20)16(21)19(13-4-5-13)10-11-2-1-7-18-9-11/h1-3,6-9,13,20H,4-5,10,17H2. The van der Waals surface area contributed by atoms with E-state index in [9.17, 15) is 9.90 Å². The number of pyridine rings is 1. The van der Waals surface area contributed by atoms with Crippen LogP contribution in [0, 0.1) is 0 Å². The van der Waals surface area contributed by atoms with E-state index >= 15 is 0 Å². The Morgan fingerprint density at radius 3 is 2.81 bits per heavy atom. The number of carbonyl (C=O) groups excluding carboxylic acids is 1. The average Bonchev–Trinajstić information content (AvgIpc) is 3.33. The molecule has 0 saturated heterocycles. The highest BCUT2D eigenvalue weighted by Gasteiger charge is 2.33. The van der Waals surface area contributed by atoms with Gasteiger partial charge in [-0.15, -0.1) is 0 Å². The molecule has 5 heteroatoms. The zero-order valence-corrected chi connectivity index (χ0v) is 11.6. The lowest BCUT2D eigenvalue weighted by Crippen LogP contribution is -2.32. The molecule has 1 saturated carbocycles. The maximum absolute atomic E-state index is 12.6. The van der Waals surface area contributed by atoms with Crippen LogP contribution in [0.4, 0.5) is 5.69 Å². The molecule has 1 aliphatic rings. The van der Waals surface area contributed by atoms with Crippen LogP contribution in [-0.2, 0) is 6.54 Å². The van der Waals surface area contributed by atoms with Crippen molar-refractivity contribution in [1.82, 2.24) is 9.88 Å². The van der Waals surface area contributed by atoms with Crippen LogP contribution in [0.25, 0.3) is 0 Å². The smallest absolute Gasteiger partial charge is 0.254 e. The molecule has 0 bridgehead atoms. The summed E-state index contributed by atoms with van der Waals surface area (Å²) in [6.45, 7) is 0.530. The van der Waals surface area contributed by atoms with Gasteiger partial charge in [-0.3, -0.25) is 9.78 Å². The summed E-state index contributed by atoms with van der Waals surface area (Å²) in [5.41, 5.74) is 7.31. The molecule has 1 amide bonds. The molecule has 1 aliphatic carbocycles. The quantitative estimate of drug-likeness (QED) is 0.665. The number of hydrogen-bond donors (Lipinski definition) is 2. The number of phenols is 1. The fourth-order valence-corrected chi connectivity index (χ4v) is 2.28. The fourth-order valence-electron chi connectivity index (χ4n) is 2.28. The Hall–Kier alpha value is -2.56. The number of anilines is 1. The summed E-state index contributed by atoms with van der Waals surface area (Å²) in [5, 5.41) is 9.67. The topological polar surface area (TPSA) is 79.5 Å². The van der Waals surface area contributed by atoms with Gasteiger partial charge in [-0.1, -0.05) is 6.07 Å². The predicted octanol–water partition coefficient (Wildman–Crippen LogP) is 2.17. The van der Waals surface area contributed by atoms with Crippen LogP contribution in [0.15, 0.2) is 42.7 Å². The van der Waals surface area contributed by atoms with Crippen molar-refractivity contribution in [3.63, 3.8) is 0 Å². The third-order valence-corrected chi connectivity index (χ3v) is 3.60. The van der Waals surface area contributed by atoms with Gasteiger partial charge in [0.05, 0.1) is 5.69 Å². The number of amides is 1. The number of nitrogens with zero attached hydrogens (tertiary/aromatic N) is 2. The van der Waals surface area contributed by atoms with Crippen molar-refractivity contribution >= 4 is 11.6 Å². The molecule has 0 atom stereocenters. The molecule has 0 unspecified atom stereocenters. The normalized spacial score (nSPS) is 13.9. The fraction of sp³-hybridized carbons (Fsp3) is 0.250. The minimum absolute atomic E-state index is 0.0574. The maximum Gasteiger partial charge on any atom is 0.254 e. The zero-order valence-electron chi connectivity index (χ0n) is 11.6. The van der Waals surface area contributed by atoms with Gasteiger partial charge in [-0.05, 0) is 42.7 Å². The Morgan fingerprint density at radius 1 is 1.38 bits per heavy atom. The van der Waals surface area contributed by atoms with Gasteiger partial charge >= 0.3 is 0 Å². The van der Waals surface area contributed by atoms with Gasteiger partial charge in [0.2, 0.25) is 0 Å². The number of benzene rings is 1. The largest absolute Gasteiger partial charge is 0.506 e. The zero-order chi connectivity index (χ0) is 14.8. The molecule has 3 N–H and O–H groups in total. The van der Waals surface area contributed by atoms with Gasteiger partial charge in [0.1, 0.15) is 5.75 Å². The second kappa shape index (κ2) is 5.44. The van der Waals surface area contributed by atoms with Crippen LogP contribution in [-0.4, -0.2) is 26.9 Å². The summed E-state index contributed by atoms with van der Waals surface area (Å²) in [6, 6.07) is 8.72. The summed E-state index contributed by atoms with van der Waals surface area (Å²) in [4.78, 5) is 18.6. The number of aromatic nitrogens is 1. The van der Waals surface area contributed by atoms with E-state index in [2.05, 4.69) is 4.98 Å². The van der Waals surface area contributed by atoms with E-state index in [0.29, 0.717) is 12.1 Å². The molecule has 5 nitrogen and oxygen atoms in total. The Morgan fingerprint density at radius 2 is 2.19 bits per heavy atom. The maximum atomic E-state index is 12.6. The first-order chi connectivity index (χ1) is 10.1. The number of nitrogen functional groups attached to an aromatic ring is 1. The lowest BCUT2D eigenvalue weighted by Gasteiger charge is -2.22. The molecule has 0 spiro atoms. The lowest BCUT2D eigenvalue weighted by atomic mass is 10.1. The van der Waals surface area contributed by atoms with Crippen molar-refractivity contribution < 1.29 is 9.90 Å². The highest BCUT2D eigenvalue weighted by atomic mass is 16.3. The van der Waals surface area contributed by atoms with Crippen LogP contribution in [0.5, 0.6) is 5.75 Å². The van der Waals surface area contributed by atoms with E-state index in [0.717, 1.165) is 18.4 Å². The summed E-state index contributed by atoms with van der Waals surface area (Å²) in [5.74, 6) is -0.144. The van der Waals surface area contributed by atoms with Gasteiger partial charge in [-0.2, -0.15) is 0 Å². The molecule has 1 fully saturated rings. The Balaban J connectivity index is 1.83. The first-order valence-corrected chi connectivity index (χ1v) is 6.93. The third kappa shape index (κ3) is 2.97. The first kappa shape index (κ1) is 13.4. The molecular formula is C16H17N3O2. The van der Waals surface area contributed by atoms with Crippen molar-refractivity contribution in [2.24, 2.45) is 0 Å². The lowest BCUT2D eigenvalue weighted by molar-refractivity contribution is 0.0729. The number of carbonyl (C=O) groups is 1. The van der Waals surface area contributed by atoms with Crippen molar-refractivity contribution in [2.45, 2.75) is 25.4 Å². The van der Waals surface area contributed by atoms with E-state index < -0.39 is 0 Å². The van der Waals surface area contributed by atoms with E-state index in [1.165, 1.54) is 6.07 Å². The average molecular weight is 283 g/mol. The summed E-state index contributed by atoms with van der Waals surface area (Å²) >= 11 is 0. The van der Waals surface area contributed by atoms with Gasteiger partial charge in [0, 0.05) is 30.5 Å². The minimum atomic E-state index is -0.0864. The van der Waals surface area contributed by atoms with Crippen molar-refractivity contribution in [3.05, 3.63) is 53.9 Å². The summed E-state index contributed by atoms with van der Waals surface area (Å²) in [6.07, 6.45) is 5.52. The van der Waals surface area contributed by atoms with Crippen LogP contribution >= 0.6 is 0 Å². The van der Waals surface area contributed by atoms with Crippen LogP contribution < -0.4 is 5.73 Å². The Bertz CT molecular complexity index is 654. The van der Waals surface area contributed by atoms with Gasteiger partial charge in [0.15, 0.2) is 0 Å². The molecule has 1 aromatic heterocycles. The monoisotopic (exact) mass is 283 g/mol. The van der Waals surface area contributed by atoms with Gasteiger partial charge < -0.3 is 15.7 Å². The SMILES string of the molecule is Nc1ccc(C(=O)N(Cc2cccnc2)C2CC2)cc1O. The van der Waals surface area contributed by atoms with Crippen molar-refractivity contribution in [2.75, 3.05) is 5.73 Å². The number of aromatic hydroxyl groups is 1. The third-order valence-electron chi connectivity index (χ3n) is 3.60. The first-order valence-electron chi connectivity index (χ1n) is 6.93. The number of rotatable bonds is 4. The second-order valence-corrected chi connectivity index (χ2v) is 5.30. The highest BCUT2D eigenvalue weighted by molar-refractivity contribution is 5.95. The van der Waals surface area contributed by atoms with E-state index in [1.807, 2.05) is 17.0 Å². The minimum Gasteiger partial charge on any atom is -0.506 e. The van der Waals surface area contributed by atoms with E-state index in [4.69, 9.17) is 5.73 Å². The molecule has 0 aliphatic heterocycles. The van der Waals surface area contributed by atoms with Crippen molar-refractivity contribution in [3.8, 4) is 5.75 Å². The van der Waals surface area contributed by atoms with E-state index in [-0.39, 0.29) is 23.4 Å². The van der Waals surface area contributed by atoms with Crippen molar-refractivity contribution in [1.29, 1.82) is 0 Å². The molecule has 3 rings (SSSR count). The highest BCUT2D eigenvalue weighted by Crippen LogP contribution is 2.31. The summed E-state index contributed by atoms with van der Waals surface area (Å²) < 4.78 is 0. The molecular weight excluding hydrogens is 266 g/mol.